The summed E-state index contributed by atoms with van der Waals surface area (Å²) in [5.41, 5.74) is 7.11. The molecular formula is C15H16N2O3. The van der Waals surface area contributed by atoms with Crippen LogP contribution < -0.4 is 15.8 Å². The molecule has 0 atom stereocenters. The highest BCUT2D eigenvalue weighted by molar-refractivity contribution is 6.05. The van der Waals surface area contributed by atoms with Gasteiger partial charge < -0.3 is 20.9 Å². The Labute approximate surface area is 117 Å². The minimum Gasteiger partial charge on any atom is -0.508 e. The molecule has 0 spiro atoms. The first kappa shape index (κ1) is 13.7. The van der Waals surface area contributed by atoms with E-state index in [1.54, 1.807) is 30.3 Å². The minimum atomic E-state index is -0.316. The van der Waals surface area contributed by atoms with E-state index in [1.807, 2.05) is 6.92 Å². The Morgan fingerprint density at radius 1 is 1.30 bits per heavy atom. The lowest BCUT2D eigenvalue weighted by Gasteiger charge is -2.09. The average molecular weight is 272 g/mol. The number of nitrogen functional groups attached to an aromatic ring is 1. The Morgan fingerprint density at radius 2 is 2.10 bits per heavy atom. The van der Waals surface area contributed by atoms with Gasteiger partial charge in [-0.15, -0.1) is 0 Å². The summed E-state index contributed by atoms with van der Waals surface area (Å²) in [4.78, 5) is 12.1. The van der Waals surface area contributed by atoms with E-state index >= 15 is 0 Å². The highest BCUT2D eigenvalue weighted by atomic mass is 16.5. The summed E-state index contributed by atoms with van der Waals surface area (Å²) in [6, 6.07) is 11.2. The van der Waals surface area contributed by atoms with Crippen LogP contribution in [-0.4, -0.2) is 17.6 Å². The molecule has 0 saturated heterocycles. The van der Waals surface area contributed by atoms with Gasteiger partial charge in [-0.3, -0.25) is 4.79 Å². The number of benzene rings is 2. The van der Waals surface area contributed by atoms with Crippen LogP contribution in [0.1, 0.15) is 17.3 Å². The number of aromatic hydroxyl groups is 1. The molecule has 104 valence electrons. The second-order valence-electron chi connectivity index (χ2n) is 4.23. The third-order valence-electron chi connectivity index (χ3n) is 2.61. The molecule has 0 bridgehead atoms. The fourth-order valence-electron chi connectivity index (χ4n) is 1.79. The van der Waals surface area contributed by atoms with Gasteiger partial charge >= 0.3 is 0 Å². The maximum Gasteiger partial charge on any atom is 0.255 e. The van der Waals surface area contributed by atoms with Crippen molar-refractivity contribution in [2.45, 2.75) is 6.92 Å². The summed E-state index contributed by atoms with van der Waals surface area (Å²) in [7, 11) is 0. The van der Waals surface area contributed by atoms with Gasteiger partial charge in [0.25, 0.3) is 5.91 Å². The van der Waals surface area contributed by atoms with E-state index in [4.69, 9.17) is 10.5 Å². The van der Waals surface area contributed by atoms with Crippen molar-refractivity contribution in [1.29, 1.82) is 0 Å². The first-order chi connectivity index (χ1) is 9.58. The molecular weight excluding hydrogens is 256 g/mol. The highest BCUT2D eigenvalue weighted by Gasteiger charge is 2.09. The third kappa shape index (κ3) is 3.41. The lowest BCUT2D eigenvalue weighted by atomic mass is 10.1. The van der Waals surface area contributed by atoms with E-state index < -0.39 is 0 Å². The van der Waals surface area contributed by atoms with Crippen LogP contribution in [0.2, 0.25) is 0 Å². The molecule has 20 heavy (non-hydrogen) atoms. The molecule has 2 rings (SSSR count). The molecule has 0 saturated carbocycles. The van der Waals surface area contributed by atoms with Gasteiger partial charge in [0.2, 0.25) is 0 Å². The van der Waals surface area contributed by atoms with E-state index in [2.05, 4.69) is 5.32 Å². The number of carbonyl (C=O) groups excluding carboxylic acids is 1. The average Bonchev–Trinajstić information content (AvgIpc) is 2.38. The molecule has 4 N–H and O–H groups in total. The Balaban J connectivity index is 2.20. The van der Waals surface area contributed by atoms with Crippen LogP contribution in [0.4, 0.5) is 11.4 Å². The van der Waals surface area contributed by atoms with Crippen molar-refractivity contribution in [2.75, 3.05) is 17.7 Å². The number of hydrogen-bond acceptors (Lipinski definition) is 4. The Hall–Kier alpha value is -2.69. The summed E-state index contributed by atoms with van der Waals surface area (Å²) >= 11 is 0. The Morgan fingerprint density at radius 3 is 2.80 bits per heavy atom. The molecule has 2 aromatic carbocycles. The van der Waals surface area contributed by atoms with E-state index in [9.17, 15) is 9.90 Å². The second-order valence-corrected chi connectivity index (χ2v) is 4.23. The van der Waals surface area contributed by atoms with Gasteiger partial charge in [0, 0.05) is 29.1 Å². The predicted octanol–water partition coefficient (Wildman–Crippen LogP) is 2.63. The summed E-state index contributed by atoms with van der Waals surface area (Å²) < 4.78 is 5.35. The number of nitrogens with one attached hydrogen (secondary N) is 1. The first-order valence-corrected chi connectivity index (χ1v) is 6.22. The topological polar surface area (TPSA) is 84.6 Å². The monoisotopic (exact) mass is 272 g/mol. The molecule has 0 aromatic heterocycles. The molecule has 0 unspecified atom stereocenters. The van der Waals surface area contributed by atoms with Crippen LogP contribution in [0.15, 0.2) is 42.5 Å². The third-order valence-corrected chi connectivity index (χ3v) is 2.61. The van der Waals surface area contributed by atoms with Gasteiger partial charge in [0.05, 0.1) is 6.61 Å². The lowest BCUT2D eigenvalue weighted by Crippen LogP contribution is -2.12. The van der Waals surface area contributed by atoms with Crippen LogP contribution in [-0.2, 0) is 0 Å². The highest BCUT2D eigenvalue weighted by Crippen LogP contribution is 2.21. The molecule has 0 aliphatic heterocycles. The van der Waals surface area contributed by atoms with Crippen LogP contribution >= 0.6 is 0 Å². The van der Waals surface area contributed by atoms with Gasteiger partial charge in [-0.1, -0.05) is 6.07 Å². The van der Waals surface area contributed by atoms with E-state index in [0.717, 1.165) is 0 Å². The number of amides is 1. The predicted molar refractivity (Wildman–Crippen MR) is 78.1 cm³/mol. The maximum absolute atomic E-state index is 12.1. The number of ether oxygens (including phenoxy) is 1. The van der Waals surface area contributed by atoms with Gasteiger partial charge in [0.1, 0.15) is 11.5 Å². The zero-order valence-electron chi connectivity index (χ0n) is 11.1. The Kier molecular flexibility index (Phi) is 4.10. The fraction of sp³-hybridized carbons (Fsp3) is 0.133. The molecule has 0 fully saturated rings. The number of carbonyl (C=O) groups is 1. The lowest BCUT2D eigenvalue weighted by molar-refractivity contribution is 0.102. The summed E-state index contributed by atoms with van der Waals surface area (Å²) in [5, 5.41) is 12.0. The summed E-state index contributed by atoms with van der Waals surface area (Å²) in [6.45, 7) is 2.35. The molecule has 0 aliphatic rings. The molecule has 1 amide bonds. The molecule has 5 heteroatoms. The van der Waals surface area contributed by atoms with Crippen molar-refractivity contribution in [3.63, 3.8) is 0 Å². The number of phenols is 1. The number of hydrogen-bond donors (Lipinski definition) is 3. The van der Waals surface area contributed by atoms with Crippen LogP contribution in [0.3, 0.4) is 0 Å². The molecule has 0 radical (unpaired) electrons. The van der Waals surface area contributed by atoms with Crippen molar-refractivity contribution in [1.82, 2.24) is 0 Å². The molecule has 2 aromatic rings. The first-order valence-electron chi connectivity index (χ1n) is 6.22. The molecule has 0 aliphatic carbocycles. The normalized spacial score (nSPS) is 10.1. The van der Waals surface area contributed by atoms with Gasteiger partial charge in [-0.2, -0.15) is 0 Å². The smallest absolute Gasteiger partial charge is 0.255 e. The van der Waals surface area contributed by atoms with Crippen molar-refractivity contribution in [2.24, 2.45) is 0 Å². The van der Waals surface area contributed by atoms with Crippen molar-refractivity contribution in [3.05, 3.63) is 48.0 Å². The Bertz CT molecular complexity index is 626. The number of nitrogens with two attached hydrogens (primary N) is 1. The van der Waals surface area contributed by atoms with E-state index in [0.29, 0.717) is 29.3 Å². The molecule has 5 nitrogen and oxygen atoms in total. The number of phenolic OH excluding ortho intramolecular Hbond substituents is 1. The van der Waals surface area contributed by atoms with Crippen molar-refractivity contribution < 1.29 is 14.6 Å². The van der Waals surface area contributed by atoms with Crippen molar-refractivity contribution >= 4 is 17.3 Å². The van der Waals surface area contributed by atoms with Crippen molar-refractivity contribution in [3.8, 4) is 11.5 Å². The van der Waals surface area contributed by atoms with Crippen LogP contribution in [0, 0.1) is 0 Å². The minimum absolute atomic E-state index is 0.0883. The summed E-state index contributed by atoms with van der Waals surface area (Å²) in [5.74, 6) is 0.322. The van der Waals surface area contributed by atoms with E-state index in [-0.39, 0.29) is 11.7 Å². The standard InChI is InChI=1S/C15H16N2O3/c1-2-20-14-7-10(6-11(16)8-14)15(19)17-12-4-3-5-13(18)9-12/h3-9,18H,2,16H2,1H3,(H,17,19). The van der Waals surface area contributed by atoms with Crippen LogP contribution in [0.25, 0.3) is 0 Å². The van der Waals surface area contributed by atoms with Crippen LogP contribution in [0.5, 0.6) is 11.5 Å². The number of anilines is 2. The molecule has 0 heterocycles. The SMILES string of the molecule is CCOc1cc(N)cc(C(=O)Nc2cccc(O)c2)c1. The number of rotatable bonds is 4. The second kappa shape index (κ2) is 5.97. The zero-order valence-corrected chi connectivity index (χ0v) is 11.1. The van der Waals surface area contributed by atoms with Gasteiger partial charge in [0.15, 0.2) is 0 Å². The maximum atomic E-state index is 12.1. The largest absolute Gasteiger partial charge is 0.508 e. The van der Waals surface area contributed by atoms with Gasteiger partial charge in [-0.25, -0.2) is 0 Å². The zero-order chi connectivity index (χ0) is 14.5. The van der Waals surface area contributed by atoms with Gasteiger partial charge in [-0.05, 0) is 31.2 Å². The quantitative estimate of drug-likeness (QED) is 0.747. The van der Waals surface area contributed by atoms with E-state index in [1.165, 1.54) is 12.1 Å². The summed E-state index contributed by atoms with van der Waals surface area (Å²) in [6.07, 6.45) is 0. The fourth-order valence-corrected chi connectivity index (χ4v) is 1.79.